The van der Waals surface area contributed by atoms with Crippen molar-refractivity contribution in [1.29, 1.82) is 0 Å². The minimum absolute atomic E-state index is 0.0946. The number of nitrogens with one attached hydrogen (secondary N) is 2. The Kier molecular flexibility index (Phi) is 9.38. The van der Waals surface area contributed by atoms with Crippen LogP contribution in [0.2, 0.25) is 0 Å². The largest absolute Gasteiger partial charge is 0.444 e. The van der Waals surface area contributed by atoms with Gasteiger partial charge in [-0.2, -0.15) is 15.1 Å². The van der Waals surface area contributed by atoms with Crippen molar-refractivity contribution in [3.05, 3.63) is 59.4 Å². The van der Waals surface area contributed by atoms with Gasteiger partial charge < -0.3 is 26.0 Å². The van der Waals surface area contributed by atoms with Crippen LogP contribution in [0.5, 0.6) is 0 Å². The first-order chi connectivity index (χ1) is 19.4. The van der Waals surface area contributed by atoms with Crippen molar-refractivity contribution in [2.45, 2.75) is 33.3 Å². The van der Waals surface area contributed by atoms with E-state index in [2.05, 4.69) is 30.6 Å². The number of aryl methyl sites for hydroxylation is 1. The molecule has 0 atom stereocenters. The zero-order chi connectivity index (χ0) is 29.6. The zero-order valence-electron chi connectivity index (χ0n) is 23.8. The molecule has 41 heavy (non-hydrogen) atoms. The molecule has 0 spiro atoms. The maximum Gasteiger partial charge on any atom is 0.407 e. The van der Waals surface area contributed by atoms with Gasteiger partial charge in [0.05, 0.1) is 5.69 Å². The molecule has 4 rings (SSSR count). The van der Waals surface area contributed by atoms with Crippen molar-refractivity contribution in [3.63, 3.8) is 0 Å². The van der Waals surface area contributed by atoms with Crippen molar-refractivity contribution in [2.24, 2.45) is 0 Å². The molecule has 13 heteroatoms. The van der Waals surface area contributed by atoms with Gasteiger partial charge in [-0.05, 0) is 52.0 Å². The number of alkyl carbamates (subject to hydrolysis) is 1. The summed E-state index contributed by atoms with van der Waals surface area (Å²) in [6.07, 6.45) is 3.50. The zero-order valence-corrected chi connectivity index (χ0v) is 23.8. The fourth-order valence-electron chi connectivity index (χ4n) is 4.37. The number of rotatable bonds is 9. The molecule has 1 aliphatic heterocycles. The lowest BCUT2D eigenvalue weighted by Crippen LogP contribution is -2.46. The van der Waals surface area contributed by atoms with Crippen molar-refractivity contribution in [2.75, 3.05) is 61.8 Å². The van der Waals surface area contributed by atoms with E-state index < -0.39 is 23.3 Å². The van der Waals surface area contributed by atoms with Crippen LogP contribution in [0.25, 0.3) is 11.9 Å². The highest BCUT2D eigenvalue weighted by Gasteiger charge is 2.18. The fourth-order valence-corrected chi connectivity index (χ4v) is 4.37. The van der Waals surface area contributed by atoms with E-state index in [0.717, 1.165) is 37.1 Å². The number of carbonyl (C=O) groups is 1. The van der Waals surface area contributed by atoms with Gasteiger partial charge in [0.15, 0.2) is 5.82 Å². The molecule has 220 valence electrons. The van der Waals surface area contributed by atoms with Gasteiger partial charge in [0.25, 0.3) is 0 Å². The SMILES string of the molecule is Cc1cc(C=CCN2CCN(c3cc(F)cc(F)c3)CC2)nn1-c1cc(NCCNC(=O)OC(C)(C)C)nc(N)n1. The second kappa shape index (κ2) is 12.9. The molecule has 1 fully saturated rings. The molecule has 2 aromatic heterocycles. The number of hydrogen-bond acceptors (Lipinski definition) is 9. The lowest BCUT2D eigenvalue weighted by Gasteiger charge is -2.35. The molecule has 0 aliphatic carbocycles. The number of nitrogen functional groups attached to an aromatic ring is 1. The standard InChI is InChI=1S/C28H37F2N9O2/c1-19-14-22(6-5-9-37-10-12-38(13-11-37)23-16-20(29)15-21(30)17-23)36-39(19)25-18-24(34-26(31)35-25)32-7-8-33-27(40)41-28(2,3)4/h5-6,14-18H,7-13H2,1-4H3,(H,33,40)(H3,31,32,34,35). The van der Waals surface area contributed by atoms with E-state index in [1.807, 2.05) is 30.0 Å². The summed E-state index contributed by atoms with van der Waals surface area (Å²) in [5.41, 5.74) is 7.59. The van der Waals surface area contributed by atoms with Crippen LogP contribution >= 0.6 is 0 Å². The summed E-state index contributed by atoms with van der Waals surface area (Å²) in [5, 5.41) is 10.5. The Hall–Kier alpha value is -4.26. The van der Waals surface area contributed by atoms with E-state index in [-0.39, 0.29) is 5.95 Å². The predicted molar refractivity (Wildman–Crippen MR) is 155 cm³/mol. The molecule has 1 saturated heterocycles. The highest BCUT2D eigenvalue weighted by atomic mass is 19.1. The van der Waals surface area contributed by atoms with Crippen LogP contribution in [-0.4, -0.2) is 82.2 Å². The molecule has 4 N–H and O–H groups in total. The normalized spacial score (nSPS) is 14.4. The Balaban J connectivity index is 1.29. The average molecular weight is 570 g/mol. The first kappa shape index (κ1) is 29.7. The number of nitrogens with zero attached hydrogens (tertiary/aromatic N) is 6. The van der Waals surface area contributed by atoms with Gasteiger partial charge in [0.2, 0.25) is 5.95 Å². The molecule has 3 heterocycles. The van der Waals surface area contributed by atoms with E-state index in [4.69, 9.17) is 10.5 Å². The third-order valence-electron chi connectivity index (χ3n) is 6.19. The maximum atomic E-state index is 13.6. The van der Waals surface area contributed by atoms with Gasteiger partial charge in [-0.1, -0.05) is 6.08 Å². The maximum absolute atomic E-state index is 13.6. The van der Waals surface area contributed by atoms with E-state index in [1.165, 1.54) is 12.1 Å². The van der Waals surface area contributed by atoms with Gasteiger partial charge in [0.1, 0.15) is 23.1 Å². The Morgan fingerprint density at radius 2 is 1.76 bits per heavy atom. The number of amides is 1. The first-order valence-corrected chi connectivity index (χ1v) is 13.5. The van der Waals surface area contributed by atoms with Gasteiger partial charge in [-0.25, -0.2) is 18.3 Å². The van der Waals surface area contributed by atoms with Crippen molar-refractivity contribution < 1.29 is 18.3 Å². The van der Waals surface area contributed by atoms with E-state index in [1.54, 1.807) is 31.5 Å². The Morgan fingerprint density at radius 1 is 1.05 bits per heavy atom. The molecular formula is C28H37F2N9O2. The summed E-state index contributed by atoms with van der Waals surface area (Å²) in [6.45, 7) is 11.7. The van der Waals surface area contributed by atoms with E-state index in [0.29, 0.717) is 43.5 Å². The Morgan fingerprint density at radius 3 is 2.44 bits per heavy atom. The van der Waals surface area contributed by atoms with E-state index in [9.17, 15) is 13.6 Å². The fraction of sp³-hybridized carbons (Fsp3) is 0.429. The van der Waals surface area contributed by atoms with Crippen LogP contribution in [-0.2, 0) is 4.74 Å². The van der Waals surface area contributed by atoms with Crippen LogP contribution < -0.4 is 21.3 Å². The topological polar surface area (TPSA) is 126 Å². The third kappa shape index (κ3) is 8.87. The molecule has 3 aromatic rings. The molecule has 11 nitrogen and oxygen atoms in total. The van der Waals surface area contributed by atoms with Crippen molar-refractivity contribution >= 4 is 29.6 Å². The van der Waals surface area contributed by atoms with Crippen LogP contribution in [0, 0.1) is 18.6 Å². The molecule has 0 radical (unpaired) electrons. The summed E-state index contributed by atoms with van der Waals surface area (Å²) >= 11 is 0. The summed E-state index contributed by atoms with van der Waals surface area (Å²) < 4.78 is 34.1. The van der Waals surface area contributed by atoms with Gasteiger partial charge in [0, 0.05) is 69.3 Å². The van der Waals surface area contributed by atoms with Crippen LogP contribution in [0.1, 0.15) is 32.2 Å². The Labute approximate surface area is 238 Å². The first-order valence-electron chi connectivity index (χ1n) is 13.5. The van der Waals surface area contributed by atoms with Crippen molar-refractivity contribution in [1.82, 2.24) is 30.0 Å². The number of aromatic nitrogens is 4. The number of nitrogens with two attached hydrogens (primary N) is 1. The number of piperazine rings is 1. The van der Waals surface area contributed by atoms with Gasteiger partial charge in [-0.15, -0.1) is 0 Å². The van der Waals surface area contributed by atoms with Gasteiger partial charge in [-0.3, -0.25) is 4.90 Å². The Bertz CT molecular complexity index is 1360. The lowest BCUT2D eigenvalue weighted by molar-refractivity contribution is 0.0530. The molecule has 1 aliphatic rings. The molecule has 1 aromatic carbocycles. The smallest absolute Gasteiger partial charge is 0.407 e. The summed E-state index contributed by atoms with van der Waals surface area (Å²) in [6, 6.07) is 7.31. The minimum Gasteiger partial charge on any atom is -0.444 e. The highest BCUT2D eigenvalue weighted by molar-refractivity contribution is 5.67. The van der Waals surface area contributed by atoms with E-state index >= 15 is 0 Å². The van der Waals surface area contributed by atoms with Crippen LogP contribution in [0.15, 0.2) is 36.4 Å². The molecule has 1 amide bonds. The third-order valence-corrected chi connectivity index (χ3v) is 6.19. The van der Waals surface area contributed by atoms with Crippen LogP contribution in [0.3, 0.4) is 0 Å². The molecule has 0 bridgehead atoms. The van der Waals surface area contributed by atoms with Gasteiger partial charge >= 0.3 is 6.09 Å². The number of halogens is 2. The summed E-state index contributed by atoms with van der Waals surface area (Å²) in [4.78, 5) is 24.6. The average Bonchev–Trinajstić information content (AvgIpc) is 3.25. The van der Waals surface area contributed by atoms with Crippen LogP contribution in [0.4, 0.5) is 31.0 Å². The molecular weight excluding hydrogens is 532 g/mol. The highest BCUT2D eigenvalue weighted by Crippen LogP contribution is 2.20. The minimum atomic E-state index is -0.565. The lowest BCUT2D eigenvalue weighted by atomic mass is 10.2. The van der Waals surface area contributed by atoms with Crippen molar-refractivity contribution in [3.8, 4) is 5.82 Å². The second-order valence-electron chi connectivity index (χ2n) is 10.8. The number of carbonyl (C=O) groups excluding carboxylic acids is 1. The molecule has 0 unspecified atom stereocenters. The number of anilines is 3. The quantitative estimate of drug-likeness (QED) is 0.331. The summed E-state index contributed by atoms with van der Waals surface area (Å²) in [7, 11) is 0. The monoisotopic (exact) mass is 569 g/mol. The molecule has 0 saturated carbocycles. The number of ether oxygens (including phenoxy) is 1. The number of benzene rings is 1. The second-order valence-corrected chi connectivity index (χ2v) is 10.8. The summed E-state index contributed by atoms with van der Waals surface area (Å²) in [5.74, 6) is -0.0142. The predicted octanol–water partition coefficient (Wildman–Crippen LogP) is 3.60. The number of hydrogen-bond donors (Lipinski definition) is 3.